The highest BCUT2D eigenvalue weighted by molar-refractivity contribution is 7.80. The number of amides is 2. The van der Waals surface area contributed by atoms with E-state index in [9.17, 15) is 27.9 Å². The zero-order valence-corrected chi connectivity index (χ0v) is 25.7. The maximum Gasteiger partial charge on any atom is 0.418 e. The summed E-state index contributed by atoms with van der Waals surface area (Å²) in [6.45, 7) is 3.67. The summed E-state index contributed by atoms with van der Waals surface area (Å²) in [5, 5.41) is 24.6. The van der Waals surface area contributed by atoms with Crippen LogP contribution in [0.25, 0.3) is 10.9 Å². The van der Waals surface area contributed by atoms with Gasteiger partial charge in [-0.25, -0.2) is 14.8 Å². The number of ether oxygens (including phenoxy) is 1. The van der Waals surface area contributed by atoms with Crippen LogP contribution in [0.15, 0.2) is 40.9 Å². The number of oxime groups is 1. The number of carboxylic acid groups (broad SMARTS) is 1. The van der Waals surface area contributed by atoms with E-state index >= 15 is 0 Å². The number of nitrogen functional groups attached to an aromatic ring is 1. The molecule has 242 valence electrons. The molecule has 20 heteroatoms. The van der Waals surface area contributed by atoms with Gasteiger partial charge in [-0.15, -0.1) is 15.6 Å². The van der Waals surface area contributed by atoms with Crippen LogP contribution in [0.4, 0.5) is 10.9 Å². The van der Waals surface area contributed by atoms with Crippen LogP contribution in [-0.4, -0.2) is 101 Å². The topological polar surface area (TPSA) is 257 Å². The number of carbonyl (C=O) groups is 3. The van der Waals surface area contributed by atoms with E-state index in [-0.39, 0.29) is 10.8 Å². The Morgan fingerprint density at radius 2 is 1.98 bits per heavy atom. The number of aromatic nitrogens is 2. The van der Waals surface area contributed by atoms with Crippen LogP contribution < -0.4 is 26.4 Å². The summed E-state index contributed by atoms with van der Waals surface area (Å²) in [6.07, 6.45) is -1.68. The number of hydrogen-bond donors (Lipinski definition) is 6. The average Bonchev–Trinajstić information content (AvgIpc) is 3.41. The molecule has 3 heterocycles. The van der Waals surface area contributed by atoms with Crippen LogP contribution in [0.1, 0.15) is 19.5 Å². The lowest BCUT2D eigenvalue weighted by Gasteiger charge is -2.50. The first-order chi connectivity index (χ1) is 21.2. The summed E-state index contributed by atoms with van der Waals surface area (Å²) in [6, 6.07) is 7.30. The number of carbonyl (C=O) groups excluding carboxylic acids is 2. The quantitative estimate of drug-likeness (QED) is 0.0410. The van der Waals surface area contributed by atoms with Gasteiger partial charge in [-0.3, -0.25) is 14.1 Å². The monoisotopic (exact) mass is 666 g/mol. The van der Waals surface area contributed by atoms with Crippen LogP contribution in [-0.2, 0) is 33.9 Å². The summed E-state index contributed by atoms with van der Waals surface area (Å²) in [5.41, 5.74) is 4.34. The van der Waals surface area contributed by atoms with E-state index in [2.05, 4.69) is 35.4 Å². The van der Waals surface area contributed by atoms with Crippen molar-refractivity contribution in [2.75, 3.05) is 37.8 Å². The molecule has 4 rings (SSSR count). The fourth-order valence-electron chi connectivity index (χ4n) is 4.06. The third-order valence-corrected chi connectivity index (χ3v) is 7.40. The molecule has 0 spiro atoms. The van der Waals surface area contributed by atoms with Crippen molar-refractivity contribution in [1.82, 2.24) is 25.7 Å². The van der Waals surface area contributed by atoms with Crippen molar-refractivity contribution in [3.8, 4) is 5.75 Å². The van der Waals surface area contributed by atoms with Crippen LogP contribution in [0, 0.1) is 0 Å². The van der Waals surface area contributed by atoms with E-state index in [0.717, 1.165) is 23.3 Å². The number of benzene rings is 1. The number of fused-ring (bicyclic) bond motifs is 1. The molecule has 7 N–H and O–H groups in total. The summed E-state index contributed by atoms with van der Waals surface area (Å²) in [5.74, 6) is -2.45. The van der Waals surface area contributed by atoms with Crippen molar-refractivity contribution in [3.05, 3.63) is 41.4 Å². The number of pyridine rings is 1. The molecule has 2 atom stereocenters. The molecule has 45 heavy (non-hydrogen) atoms. The Labute approximate surface area is 260 Å². The van der Waals surface area contributed by atoms with Crippen molar-refractivity contribution < 1.29 is 46.3 Å². The number of β-lactam (4-membered cyclic amide) rings is 1. The van der Waals surface area contributed by atoms with Gasteiger partial charge in [0.15, 0.2) is 10.8 Å². The maximum absolute atomic E-state index is 13.2. The predicted octanol–water partition coefficient (Wildman–Crippen LogP) is -0.00230. The van der Waals surface area contributed by atoms with Crippen molar-refractivity contribution >= 4 is 67.1 Å². The van der Waals surface area contributed by atoms with Crippen molar-refractivity contribution in [2.45, 2.75) is 31.5 Å². The fraction of sp³-hybridized carbons (Fsp3) is 0.360. The third kappa shape index (κ3) is 8.10. The summed E-state index contributed by atoms with van der Waals surface area (Å²) in [4.78, 5) is 51.3. The lowest BCUT2D eigenvalue weighted by atomic mass is 9.84. The normalized spacial score (nSPS) is 17.0. The minimum Gasteiger partial charge on any atom is -0.489 e. The summed E-state index contributed by atoms with van der Waals surface area (Å²) >= 11 is 0.958. The van der Waals surface area contributed by atoms with Crippen molar-refractivity contribution in [2.24, 2.45) is 5.16 Å². The van der Waals surface area contributed by atoms with Crippen molar-refractivity contribution in [3.63, 3.8) is 0 Å². The second-order valence-electron chi connectivity index (χ2n) is 10.0. The van der Waals surface area contributed by atoms with Crippen LogP contribution >= 0.6 is 11.3 Å². The van der Waals surface area contributed by atoms with Gasteiger partial charge in [0.1, 0.15) is 29.9 Å². The van der Waals surface area contributed by atoms with Gasteiger partial charge in [0.25, 0.3) is 17.9 Å². The standard InChI is InChI=1S/C25H30N8O10S2/c1-25(2)20(22(35)33(25)43-45(38,39)40)31-21(34)19(16-12-44-24(26)30-16)32-42-17(23(36)37)11-41-14-5-6-15-13(10-14)4-7-18(29-15)28-9-8-27-3/h4-7,10,12,17,20,27H,8-9,11H2,1-3H3,(H2,26,30)(H,28,29)(H,31,34)(H,36,37)(H,38,39,40)/b32-19-. The number of hydroxylamine groups is 2. The van der Waals surface area contributed by atoms with Gasteiger partial charge >= 0.3 is 16.4 Å². The lowest BCUT2D eigenvalue weighted by Crippen LogP contribution is -2.76. The molecular weight excluding hydrogens is 636 g/mol. The molecule has 1 aliphatic heterocycles. The van der Waals surface area contributed by atoms with E-state index in [1.54, 1.807) is 24.3 Å². The van der Waals surface area contributed by atoms with Gasteiger partial charge in [-0.05, 0) is 51.2 Å². The first-order valence-corrected chi connectivity index (χ1v) is 15.4. The molecule has 2 aromatic heterocycles. The molecule has 1 aromatic carbocycles. The number of nitrogens with two attached hydrogens (primary N) is 1. The number of nitrogens with zero attached hydrogens (tertiary/aromatic N) is 4. The number of thiazole rings is 1. The van der Waals surface area contributed by atoms with Gasteiger partial charge in [0.05, 0.1) is 11.1 Å². The second kappa shape index (κ2) is 13.6. The zero-order chi connectivity index (χ0) is 32.9. The summed E-state index contributed by atoms with van der Waals surface area (Å²) in [7, 11) is -3.17. The Bertz CT molecular complexity index is 1730. The number of nitrogens with one attached hydrogen (secondary N) is 3. The van der Waals surface area contributed by atoms with Gasteiger partial charge in [0.2, 0.25) is 0 Å². The number of aliphatic carboxylic acids is 1. The number of carboxylic acids is 1. The highest BCUT2D eigenvalue weighted by Gasteiger charge is 2.58. The van der Waals surface area contributed by atoms with Gasteiger partial charge in [-0.1, -0.05) is 5.16 Å². The molecule has 1 aliphatic rings. The molecule has 0 saturated carbocycles. The second-order valence-corrected chi connectivity index (χ2v) is 11.9. The molecule has 0 radical (unpaired) electrons. The molecule has 0 aliphatic carbocycles. The number of hydrogen-bond acceptors (Lipinski definition) is 15. The molecule has 1 fully saturated rings. The lowest BCUT2D eigenvalue weighted by molar-refractivity contribution is -0.218. The molecule has 1 saturated heterocycles. The Morgan fingerprint density at radius 3 is 2.60 bits per heavy atom. The van der Waals surface area contributed by atoms with Crippen LogP contribution in [0.2, 0.25) is 0 Å². The third-order valence-electron chi connectivity index (χ3n) is 6.39. The van der Waals surface area contributed by atoms with E-state index < -0.39 is 58.2 Å². The first-order valence-electron chi connectivity index (χ1n) is 13.1. The minimum absolute atomic E-state index is 0.0584. The Hall–Kier alpha value is -4.63. The predicted molar refractivity (Wildman–Crippen MR) is 161 cm³/mol. The van der Waals surface area contributed by atoms with Crippen LogP contribution in [0.5, 0.6) is 5.75 Å². The summed E-state index contributed by atoms with van der Waals surface area (Å²) < 4.78 is 41.0. The van der Waals surface area contributed by atoms with Crippen LogP contribution in [0.3, 0.4) is 0 Å². The smallest absolute Gasteiger partial charge is 0.418 e. The van der Waals surface area contributed by atoms with Gasteiger partial charge in [-0.2, -0.15) is 13.5 Å². The Kier molecular flexibility index (Phi) is 10.0. The number of anilines is 2. The Balaban J connectivity index is 1.46. The van der Waals surface area contributed by atoms with E-state index in [4.69, 9.17) is 19.9 Å². The Morgan fingerprint density at radius 1 is 1.22 bits per heavy atom. The molecular formula is C25H30N8O10S2. The highest BCUT2D eigenvalue weighted by Crippen LogP contribution is 2.33. The van der Waals surface area contributed by atoms with E-state index in [1.165, 1.54) is 19.2 Å². The molecule has 18 nitrogen and oxygen atoms in total. The first kappa shape index (κ1) is 33.3. The minimum atomic E-state index is -5.01. The zero-order valence-electron chi connectivity index (χ0n) is 24.1. The molecule has 3 aromatic rings. The van der Waals surface area contributed by atoms with Gasteiger partial charge in [0, 0.05) is 23.9 Å². The maximum atomic E-state index is 13.2. The molecule has 0 bridgehead atoms. The molecule has 2 amide bonds. The largest absolute Gasteiger partial charge is 0.489 e. The van der Waals surface area contributed by atoms with E-state index in [0.29, 0.717) is 28.7 Å². The molecule has 2 unspecified atom stereocenters. The van der Waals surface area contributed by atoms with Gasteiger partial charge < -0.3 is 36.4 Å². The van der Waals surface area contributed by atoms with Crippen molar-refractivity contribution in [1.29, 1.82) is 0 Å². The van der Waals surface area contributed by atoms with E-state index in [1.807, 2.05) is 13.1 Å². The highest BCUT2D eigenvalue weighted by atomic mass is 32.3. The number of likely N-dealkylation sites (N-methyl/N-ethyl adjacent to an activating group) is 1. The number of rotatable bonds is 15. The average molecular weight is 667 g/mol. The SMILES string of the molecule is CNCCNc1ccc2cc(OCC(O/N=C(\C(=O)NC3C(=O)N(OS(=O)(=O)O)C3(C)C)c3csc(N)n3)C(=O)O)ccc2n1. The fourth-order valence-corrected chi connectivity index (χ4v) is 5.06.